The third kappa shape index (κ3) is 2.65. The second-order valence-electron chi connectivity index (χ2n) is 5.97. The second-order valence-corrected chi connectivity index (χ2v) is 5.97. The highest BCUT2D eigenvalue weighted by molar-refractivity contribution is 5.83. The molecule has 1 atom stereocenters. The highest BCUT2D eigenvalue weighted by Gasteiger charge is 2.25. The van der Waals surface area contributed by atoms with Crippen molar-refractivity contribution in [3.05, 3.63) is 23.9 Å². The van der Waals surface area contributed by atoms with Gasteiger partial charge in [-0.2, -0.15) is 0 Å². The molecule has 0 N–H and O–H groups in total. The fourth-order valence-corrected chi connectivity index (χ4v) is 3.35. The van der Waals surface area contributed by atoms with Gasteiger partial charge in [0.1, 0.15) is 5.82 Å². The molecule has 1 aromatic rings. The van der Waals surface area contributed by atoms with E-state index in [0.717, 1.165) is 25.3 Å². The van der Waals surface area contributed by atoms with Crippen molar-refractivity contribution in [1.82, 2.24) is 9.88 Å². The average Bonchev–Trinajstić information content (AvgIpc) is 2.70. The zero-order valence-corrected chi connectivity index (χ0v) is 12.5. The lowest BCUT2D eigenvalue weighted by molar-refractivity contribution is 0.384. The van der Waals surface area contributed by atoms with E-state index < -0.39 is 0 Å². The van der Waals surface area contributed by atoms with Crippen LogP contribution in [0.5, 0.6) is 0 Å². The summed E-state index contributed by atoms with van der Waals surface area (Å²) in [5.41, 5.74) is 1.40. The molecule has 108 valence electrons. The van der Waals surface area contributed by atoms with Crippen molar-refractivity contribution in [3.8, 4) is 0 Å². The van der Waals surface area contributed by atoms with E-state index in [1.807, 2.05) is 6.20 Å². The highest BCUT2D eigenvalue weighted by Crippen LogP contribution is 2.33. The summed E-state index contributed by atoms with van der Waals surface area (Å²) in [6.45, 7) is 3.36. The first-order chi connectivity index (χ1) is 9.75. The molecule has 4 nitrogen and oxygen atoms in total. The van der Waals surface area contributed by atoms with Crippen molar-refractivity contribution >= 4 is 11.7 Å². The van der Waals surface area contributed by atoms with Crippen LogP contribution in [0.15, 0.2) is 23.3 Å². The summed E-state index contributed by atoms with van der Waals surface area (Å²) in [4.78, 5) is 13.9. The summed E-state index contributed by atoms with van der Waals surface area (Å²) in [5, 5.41) is 0. The van der Waals surface area contributed by atoms with Crippen LogP contribution in [-0.2, 0) is 0 Å². The molecule has 0 aromatic carbocycles. The predicted molar refractivity (Wildman–Crippen MR) is 83.6 cm³/mol. The summed E-state index contributed by atoms with van der Waals surface area (Å²) in [5.74, 6) is 3.07. The third-order valence-electron chi connectivity index (χ3n) is 4.39. The zero-order chi connectivity index (χ0) is 13.9. The number of aliphatic imine (C=N–C) groups is 1. The van der Waals surface area contributed by atoms with Gasteiger partial charge in [-0.3, -0.25) is 4.99 Å². The molecule has 1 unspecified atom stereocenters. The Morgan fingerprint density at radius 2 is 2.15 bits per heavy atom. The van der Waals surface area contributed by atoms with Gasteiger partial charge < -0.3 is 9.80 Å². The van der Waals surface area contributed by atoms with E-state index >= 15 is 0 Å². The molecule has 0 radical (unpaired) electrons. The number of hydrogen-bond donors (Lipinski definition) is 0. The third-order valence-corrected chi connectivity index (χ3v) is 4.39. The lowest BCUT2D eigenvalue weighted by atomic mass is 9.92. The van der Waals surface area contributed by atoms with Gasteiger partial charge in [0, 0.05) is 46.3 Å². The molecule has 3 rings (SSSR count). The van der Waals surface area contributed by atoms with E-state index in [-0.39, 0.29) is 0 Å². The van der Waals surface area contributed by atoms with Crippen LogP contribution in [0.2, 0.25) is 0 Å². The van der Waals surface area contributed by atoms with E-state index in [2.05, 4.69) is 41.0 Å². The molecule has 1 aromatic heterocycles. The number of pyridine rings is 1. The number of fused-ring (bicyclic) bond motifs is 1. The van der Waals surface area contributed by atoms with Gasteiger partial charge in [0.05, 0.1) is 5.84 Å². The van der Waals surface area contributed by atoms with Crippen LogP contribution >= 0.6 is 0 Å². The Kier molecular flexibility index (Phi) is 3.90. The average molecular weight is 272 g/mol. The van der Waals surface area contributed by atoms with E-state index in [0.29, 0.717) is 5.92 Å². The Hall–Kier alpha value is -1.58. The van der Waals surface area contributed by atoms with Crippen molar-refractivity contribution in [2.24, 2.45) is 4.99 Å². The maximum atomic E-state index is 4.71. The quantitative estimate of drug-likeness (QED) is 0.829. The van der Waals surface area contributed by atoms with Gasteiger partial charge >= 0.3 is 0 Å². The number of hydrogen-bond acceptors (Lipinski definition) is 4. The van der Waals surface area contributed by atoms with Crippen LogP contribution in [0, 0.1) is 0 Å². The molecule has 0 aliphatic carbocycles. The minimum atomic E-state index is 0.606. The lowest BCUT2D eigenvalue weighted by Crippen LogP contribution is -2.35. The van der Waals surface area contributed by atoms with Gasteiger partial charge in [0.2, 0.25) is 0 Å². The Morgan fingerprint density at radius 3 is 3.00 bits per heavy atom. The summed E-state index contributed by atoms with van der Waals surface area (Å²) in [7, 11) is 4.16. The molecule has 4 heteroatoms. The lowest BCUT2D eigenvalue weighted by Gasteiger charge is -2.27. The van der Waals surface area contributed by atoms with Crippen molar-refractivity contribution < 1.29 is 0 Å². The first-order valence-electron chi connectivity index (χ1n) is 7.66. The Labute approximate surface area is 121 Å². The summed E-state index contributed by atoms with van der Waals surface area (Å²) in [6, 6.07) is 4.32. The summed E-state index contributed by atoms with van der Waals surface area (Å²) >= 11 is 0. The molecule has 2 aliphatic rings. The van der Waals surface area contributed by atoms with E-state index in [9.17, 15) is 0 Å². The van der Waals surface area contributed by atoms with E-state index in [4.69, 9.17) is 4.99 Å². The molecule has 0 saturated carbocycles. The zero-order valence-electron chi connectivity index (χ0n) is 12.5. The second kappa shape index (κ2) is 5.81. The Bertz CT molecular complexity index is 495. The SMILES string of the molecule is CN(C)c1ncccc1C1CCC2=NCCCN2CC1. The molecule has 0 bridgehead atoms. The number of anilines is 1. The van der Waals surface area contributed by atoms with Crippen LogP contribution in [0.3, 0.4) is 0 Å². The molecule has 20 heavy (non-hydrogen) atoms. The van der Waals surface area contributed by atoms with Crippen LogP contribution in [0.4, 0.5) is 5.82 Å². The van der Waals surface area contributed by atoms with Crippen LogP contribution in [-0.4, -0.2) is 49.4 Å². The first-order valence-corrected chi connectivity index (χ1v) is 7.66. The number of nitrogens with zero attached hydrogens (tertiary/aromatic N) is 4. The normalized spacial score (nSPS) is 22.8. The first kappa shape index (κ1) is 13.4. The fraction of sp³-hybridized carbons (Fsp3) is 0.625. The topological polar surface area (TPSA) is 31.7 Å². The number of amidine groups is 1. The van der Waals surface area contributed by atoms with E-state index in [1.165, 1.54) is 37.2 Å². The minimum absolute atomic E-state index is 0.606. The fourth-order valence-electron chi connectivity index (χ4n) is 3.35. The van der Waals surface area contributed by atoms with Crippen molar-refractivity contribution in [1.29, 1.82) is 0 Å². The molecule has 0 amide bonds. The Balaban J connectivity index is 1.82. The van der Waals surface area contributed by atoms with Crippen molar-refractivity contribution in [2.45, 2.75) is 31.6 Å². The minimum Gasteiger partial charge on any atom is -0.363 e. The summed E-state index contributed by atoms with van der Waals surface area (Å²) in [6.07, 6.45) is 6.63. The van der Waals surface area contributed by atoms with Crippen molar-refractivity contribution in [3.63, 3.8) is 0 Å². The summed E-state index contributed by atoms with van der Waals surface area (Å²) < 4.78 is 0. The molecule has 2 aliphatic heterocycles. The van der Waals surface area contributed by atoms with Crippen LogP contribution in [0.1, 0.15) is 37.2 Å². The predicted octanol–water partition coefficient (Wildman–Crippen LogP) is 2.52. The molecule has 1 saturated heterocycles. The molecular weight excluding hydrogens is 248 g/mol. The van der Waals surface area contributed by atoms with Gasteiger partial charge in [0.25, 0.3) is 0 Å². The largest absolute Gasteiger partial charge is 0.363 e. The molecule has 3 heterocycles. The highest BCUT2D eigenvalue weighted by atomic mass is 15.2. The van der Waals surface area contributed by atoms with Crippen LogP contribution in [0.25, 0.3) is 0 Å². The van der Waals surface area contributed by atoms with Crippen LogP contribution < -0.4 is 4.90 Å². The molecule has 0 spiro atoms. The van der Waals surface area contributed by atoms with Gasteiger partial charge in [-0.05, 0) is 36.8 Å². The number of aromatic nitrogens is 1. The maximum Gasteiger partial charge on any atom is 0.131 e. The van der Waals surface area contributed by atoms with Gasteiger partial charge in [-0.25, -0.2) is 4.98 Å². The van der Waals surface area contributed by atoms with Gasteiger partial charge in [-0.1, -0.05) is 6.07 Å². The maximum absolute atomic E-state index is 4.71. The van der Waals surface area contributed by atoms with Gasteiger partial charge in [-0.15, -0.1) is 0 Å². The standard InChI is InChI=1S/C16H24N4/c1-19(2)16-14(5-3-9-18-16)13-6-7-15-17-10-4-11-20(15)12-8-13/h3,5,9,13H,4,6-8,10-12H2,1-2H3. The van der Waals surface area contributed by atoms with Crippen molar-refractivity contribution in [2.75, 3.05) is 38.6 Å². The molecule has 1 fully saturated rings. The van der Waals surface area contributed by atoms with E-state index in [1.54, 1.807) is 0 Å². The Morgan fingerprint density at radius 1 is 1.25 bits per heavy atom. The molecular formula is C16H24N4. The monoisotopic (exact) mass is 272 g/mol. The smallest absolute Gasteiger partial charge is 0.131 e. The van der Waals surface area contributed by atoms with Gasteiger partial charge in [0.15, 0.2) is 0 Å². The number of rotatable bonds is 2.